The third kappa shape index (κ3) is 4.05. The van der Waals surface area contributed by atoms with Gasteiger partial charge in [0.15, 0.2) is 10.8 Å². The first kappa shape index (κ1) is 16.3. The molecule has 5 nitrogen and oxygen atoms in total. The summed E-state index contributed by atoms with van der Waals surface area (Å²) in [6, 6.07) is 8.11. The Balaban J connectivity index is 1.62. The van der Waals surface area contributed by atoms with Crippen molar-refractivity contribution in [3.63, 3.8) is 0 Å². The molecular weight excluding hydrogens is 327 g/mol. The molecule has 0 aliphatic carbocycles. The maximum absolute atomic E-state index is 12.9. The number of aryl methyl sites for hydroxylation is 1. The Morgan fingerprint density at radius 3 is 2.88 bits per heavy atom. The molecule has 2 aromatic heterocycles. The minimum absolute atomic E-state index is 0.252. The van der Waals surface area contributed by atoms with Crippen LogP contribution in [0, 0.1) is 5.82 Å². The largest absolute Gasteiger partial charge is 0.296 e. The lowest BCUT2D eigenvalue weighted by atomic mass is 10.1. The van der Waals surface area contributed by atoms with Crippen molar-refractivity contribution in [3.8, 4) is 0 Å². The average molecular weight is 344 g/mol. The lowest BCUT2D eigenvalue weighted by Crippen LogP contribution is -2.11. The number of thiazole rings is 1. The minimum atomic E-state index is -0.281. The molecule has 1 amide bonds. The predicted octanol–water partition coefficient (Wildman–Crippen LogP) is 3.80. The lowest BCUT2D eigenvalue weighted by molar-refractivity contribution is 0.102. The number of benzene rings is 1. The molecule has 0 aliphatic heterocycles. The molecule has 1 aromatic carbocycles. The van der Waals surface area contributed by atoms with Gasteiger partial charge in [-0.15, -0.1) is 11.3 Å². The highest BCUT2D eigenvalue weighted by atomic mass is 32.1. The van der Waals surface area contributed by atoms with E-state index >= 15 is 0 Å². The van der Waals surface area contributed by atoms with Crippen LogP contribution in [0.2, 0.25) is 0 Å². The fourth-order valence-electron chi connectivity index (χ4n) is 2.29. The number of amides is 1. The van der Waals surface area contributed by atoms with E-state index < -0.39 is 0 Å². The molecule has 3 aromatic rings. The molecule has 0 atom stereocenters. The second kappa shape index (κ2) is 7.35. The number of hydrogen-bond donors (Lipinski definition) is 2. The number of nitrogens with one attached hydrogen (secondary N) is 2. The highest BCUT2D eigenvalue weighted by Gasteiger charge is 2.13. The number of rotatable bonds is 6. The standard InChI is InChI=1S/C17H17FN4OS/c1-2-3-13-9-15(22-21-13)16(23)20-17-19-10-14(24-17)8-11-4-6-12(18)7-5-11/h4-7,9-10H,2-3,8H2,1H3,(H,21,22)(H,19,20,23). The van der Waals surface area contributed by atoms with E-state index in [1.165, 1.54) is 23.5 Å². The number of halogens is 1. The van der Waals surface area contributed by atoms with Crippen LogP contribution in [0.3, 0.4) is 0 Å². The van der Waals surface area contributed by atoms with Crippen molar-refractivity contribution >= 4 is 22.4 Å². The van der Waals surface area contributed by atoms with E-state index in [1.807, 2.05) is 0 Å². The number of carbonyl (C=O) groups is 1. The molecule has 0 saturated heterocycles. The number of hydrogen-bond acceptors (Lipinski definition) is 4. The zero-order valence-corrected chi connectivity index (χ0v) is 14.0. The second-order valence-electron chi connectivity index (χ2n) is 5.42. The van der Waals surface area contributed by atoms with Gasteiger partial charge >= 0.3 is 0 Å². The number of aromatic amines is 1. The molecule has 0 unspecified atom stereocenters. The summed E-state index contributed by atoms with van der Waals surface area (Å²) >= 11 is 1.40. The lowest BCUT2D eigenvalue weighted by Gasteiger charge is -1.98. The summed E-state index contributed by atoms with van der Waals surface area (Å²) in [5, 5.41) is 10.2. The van der Waals surface area contributed by atoms with Crippen LogP contribution in [-0.4, -0.2) is 21.1 Å². The van der Waals surface area contributed by atoms with Crippen molar-refractivity contribution in [2.24, 2.45) is 0 Å². The van der Waals surface area contributed by atoms with Crippen LogP contribution in [0.15, 0.2) is 36.5 Å². The molecular formula is C17H17FN4OS. The first-order valence-electron chi connectivity index (χ1n) is 7.69. The van der Waals surface area contributed by atoms with Gasteiger partial charge in [0.1, 0.15) is 5.82 Å². The van der Waals surface area contributed by atoms with Crippen LogP contribution in [0.1, 0.15) is 40.0 Å². The number of anilines is 1. The van der Waals surface area contributed by atoms with Gasteiger partial charge in [-0.3, -0.25) is 15.2 Å². The summed E-state index contributed by atoms with van der Waals surface area (Å²) in [5.74, 6) is -0.534. The number of H-pyrrole nitrogens is 1. The first-order chi connectivity index (χ1) is 11.6. The van der Waals surface area contributed by atoms with Gasteiger partial charge in [-0.05, 0) is 30.2 Å². The molecule has 0 saturated carbocycles. The smallest absolute Gasteiger partial charge is 0.277 e. The fourth-order valence-corrected chi connectivity index (χ4v) is 3.13. The third-order valence-electron chi connectivity index (χ3n) is 3.45. The highest BCUT2D eigenvalue weighted by Crippen LogP contribution is 2.22. The van der Waals surface area contributed by atoms with Crippen LogP contribution < -0.4 is 5.32 Å². The van der Waals surface area contributed by atoms with Gasteiger partial charge in [0, 0.05) is 23.2 Å². The van der Waals surface area contributed by atoms with E-state index in [2.05, 4.69) is 27.4 Å². The van der Waals surface area contributed by atoms with Gasteiger partial charge < -0.3 is 0 Å². The molecule has 124 valence electrons. The van der Waals surface area contributed by atoms with Crippen molar-refractivity contribution in [3.05, 3.63) is 64.2 Å². The summed E-state index contributed by atoms with van der Waals surface area (Å²) in [6.07, 6.45) is 4.22. The van der Waals surface area contributed by atoms with Gasteiger partial charge in [-0.2, -0.15) is 5.10 Å². The average Bonchev–Trinajstić information content (AvgIpc) is 3.20. The summed E-state index contributed by atoms with van der Waals surface area (Å²) in [4.78, 5) is 17.4. The highest BCUT2D eigenvalue weighted by molar-refractivity contribution is 7.15. The molecule has 3 rings (SSSR count). The minimum Gasteiger partial charge on any atom is -0.296 e. The monoisotopic (exact) mass is 344 g/mol. The Morgan fingerprint density at radius 2 is 2.12 bits per heavy atom. The van der Waals surface area contributed by atoms with Crippen molar-refractivity contribution < 1.29 is 9.18 Å². The van der Waals surface area contributed by atoms with Crippen molar-refractivity contribution in [2.75, 3.05) is 5.32 Å². The predicted molar refractivity (Wildman–Crippen MR) is 91.9 cm³/mol. The van der Waals surface area contributed by atoms with E-state index in [1.54, 1.807) is 24.4 Å². The Kier molecular flexibility index (Phi) is 5.00. The zero-order chi connectivity index (χ0) is 16.9. The SMILES string of the molecule is CCCc1cc(C(=O)Nc2ncc(Cc3ccc(F)cc3)s2)n[nH]1. The Hall–Kier alpha value is -2.54. The topological polar surface area (TPSA) is 70.7 Å². The summed E-state index contributed by atoms with van der Waals surface area (Å²) < 4.78 is 12.9. The molecule has 7 heteroatoms. The fraction of sp³-hybridized carbons (Fsp3) is 0.235. The molecule has 0 fully saturated rings. The van der Waals surface area contributed by atoms with Crippen LogP contribution in [0.4, 0.5) is 9.52 Å². The van der Waals surface area contributed by atoms with Gasteiger partial charge in [-0.1, -0.05) is 25.5 Å². The molecule has 0 radical (unpaired) electrons. The zero-order valence-electron chi connectivity index (χ0n) is 13.2. The van der Waals surface area contributed by atoms with E-state index in [9.17, 15) is 9.18 Å². The molecule has 2 heterocycles. The van der Waals surface area contributed by atoms with Crippen LogP contribution in [0.5, 0.6) is 0 Å². The summed E-state index contributed by atoms with van der Waals surface area (Å²) in [5.41, 5.74) is 2.29. The Labute approximate surface area is 143 Å². The molecule has 0 spiro atoms. The van der Waals surface area contributed by atoms with Crippen molar-refractivity contribution in [1.82, 2.24) is 15.2 Å². The number of aromatic nitrogens is 3. The van der Waals surface area contributed by atoms with Crippen LogP contribution in [-0.2, 0) is 12.8 Å². The number of nitrogens with zero attached hydrogens (tertiary/aromatic N) is 2. The third-order valence-corrected chi connectivity index (χ3v) is 4.36. The van der Waals surface area contributed by atoms with Crippen LogP contribution in [0.25, 0.3) is 0 Å². The van der Waals surface area contributed by atoms with Crippen LogP contribution >= 0.6 is 11.3 Å². The van der Waals surface area contributed by atoms with Gasteiger partial charge in [0.25, 0.3) is 5.91 Å². The Morgan fingerprint density at radius 1 is 1.33 bits per heavy atom. The van der Waals surface area contributed by atoms with Gasteiger partial charge in [0.05, 0.1) is 0 Å². The summed E-state index contributed by atoms with van der Waals surface area (Å²) in [7, 11) is 0. The van der Waals surface area contributed by atoms with Gasteiger partial charge in [-0.25, -0.2) is 9.37 Å². The van der Waals surface area contributed by atoms with Crippen molar-refractivity contribution in [2.45, 2.75) is 26.2 Å². The maximum atomic E-state index is 12.9. The maximum Gasteiger partial charge on any atom is 0.277 e. The number of carbonyl (C=O) groups excluding carboxylic acids is 1. The second-order valence-corrected chi connectivity index (χ2v) is 6.53. The molecule has 24 heavy (non-hydrogen) atoms. The van der Waals surface area contributed by atoms with Crippen molar-refractivity contribution in [1.29, 1.82) is 0 Å². The molecule has 2 N–H and O–H groups in total. The van der Waals surface area contributed by atoms with E-state index in [0.29, 0.717) is 17.2 Å². The van der Waals surface area contributed by atoms with E-state index in [0.717, 1.165) is 29.0 Å². The summed E-state index contributed by atoms with van der Waals surface area (Å²) in [6.45, 7) is 2.07. The molecule has 0 aliphatic rings. The molecule has 0 bridgehead atoms. The van der Waals surface area contributed by atoms with Gasteiger partial charge in [0.2, 0.25) is 0 Å². The van der Waals surface area contributed by atoms with E-state index in [4.69, 9.17) is 0 Å². The Bertz CT molecular complexity index is 825. The van der Waals surface area contributed by atoms with E-state index in [-0.39, 0.29) is 11.7 Å². The normalized spacial score (nSPS) is 10.8. The quantitative estimate of drug-likeness (QED) is 0.714. The first-order valence-corrected chi connectivity index (χ1v) is 8.50.